The molecule has 0 aromatic carbocycles. The molecule has 0 fully saturated rings. The molecule has 1 radical (unpaired) electrons. The van der Waals surface area contributed by atoms with Crippen molar-refractivity contribution < 1.29 is 9.90 Å². The quantitative estimate of drug-likeness (QED) is 0.238. The van der Waals surface area contributed by atoms with Crippen molar-refractivity contribution in [1.29, 1.82) is 0 Å². The molecular formula is C18H34NaO2. The molecule has 0 rings (SSSR count). The average Bonchev–Trinajstić information content (AvgIpc) is 2.43. The fraction of sp³-hybridized carbons (Fsp3) is 0.833. The Balaban J connectivity index is 0. The van der Waals surface area contributed by atoms with Gasteiger partial charge in [-0.25, -0.2) is 0 Å². The van der Waals surface area contributed by atoms with Gasteiger partial charge < -0.3 is 5.11 Å². The molecule has 119 valence electrons. The van der Waals surface area contributed by atoms with Gasteiger partial charge in [0.05, 0.1) is 0 Å². The van der Waals surface area contributed by atoms with Gasteiger partial charge in [0.1, 0.15) is 0 Å². The van der Waals surface area contributed by atoms with E-state index in [1.165, 1.54) is 70.6 Å². The van der Waals surface area contributed by atoms with E-state index in [1.807, 2.05) is 0 Å². The Morgan fingerprint density at radius 2 is 1.19 bits per heavy atom. The first-order chi connectivity index (χ1) is 9.77. The maximum Gasteiger partial charge on any atom is 0.303 e. The van der Waals surface area contributed by atoms with Crippen LogP contribution in [0.4, 0.5) is 0 Å². The Bertz CT molecular complexity index is 239. The predicted molar refractivity (Wildman–Crippen MR) is 92.8 cm³/mol. The number of allylic oxidation sites excluding steroid dienone is 2. The Morgan fingerprint density at radius 1 is 0.762 bits per heavy atom. The minimum atomic E-state index is -0.661. The van der Waals surface area contributed by atoms with E-state index in [2.05, 4.69) is 19.1 Å². The van der Waals surface area contributed by atoms with Crippen LogP contribution in [0.1, 0.15) is 96.8 Å². The molecule has 0 heterocycles. The Kier molecular flexibility index (Phi) is 22.6. The molecule has 0 saturated heterocycles. The van der Waals surface area contributed by atoms with Crippen molar-refractivity contribution >= 4 is 35.5 Å². The van der Waals surface area contributed by atoms with Gasteiger partial charge in [-0.1, -0.05) is 70.4 Å². The van der Waals surface area contributed by atoms with Gasteiger partial charge in [-0.2, -0.15) is 0 Å². The third kappa shape index (κ3) is 22.6. The molecule has 0 aromatic heterocycles. The number of carboxylic acid groups (broad SMARTS) is 1. The first kappa shape index (κ1) is 23.5. The topological polar surface area (TPSA) is 37.3 Å². The van der Waals surface area contributed by atoms with Gasteiger partial charge in [0.15, 0.2) is 0 Å². The Hall–Kier alpha value is 0.210. The van der Waals surface area contributed by atoms with E-state index < -0.39 is 5.97 Å². The standard InChI is InChI=1S/C18H34O2.Na/c1-2-3-4-5-6-7-8-9-10-11-12-13-14-15-16-17-18(19)20;/h7-8H,2-6,9-17H2,1H3,(H,19,20);/b8-7-;. The van der Waals surface area contributed by atoms with Crippen molar-refractivity contribution in [3.8, 4) is 0 Å². The summed E-state index contributed by atoms with van der Waals surface area (Å²) in [6.07, 6.45) is 21.2. The molecule has 0 aliphatic carbocycles. The van der Waals surface area contributed by atoms with Crippen LogP contribution < -0.4 is 0 Å². The van der Waals surface area contributed by atoms with Crippen LogP contribution in [0.15, 0.2) is 12.2 Å². The maximum atomic E-state index is 10.3. The van der Waals surface area contributed by atoms with Crippen molar-refractivity contribution in [2.45, 2.75) is 96.8 Å². The summed E-state index contributed by atoms with van der Waals surface area (Å²) in [7, 11) is 0. The molecule has 0 atom stereocenters. The van der Waals surface area contributed by atoms with Gasteiger partial charge in [-0.15, -0.1) is 0 Å². The van der Waals surface area contributed by atoms with E-state index >= 15 is 0 Å². The Labute approximate surface area is 154 Å². The Morgan fingerprint density at radius 3 is 1.67 bits per heavy atom. The summed E-state index contributed by atoms with van der Waals surface area (Å²) in [5.74, 6) is -0.661. The number of carbonyl (C=O) groups is 1. The van der Waals surface area contributed by atoms with Gasteiger partial charge in [0, 0.05) is 36.0 Å². The fourth-order valence-corrected chi connectivity index (χ4v) is 2.35. The van der Waals surface area contributed by atoms with Crippen LogP contribution >= 0.6 is 0 Å². The maximum absolute atomic E-state index is 10.3. The van der Waals surface area contributed by atoms with Crippen LogP contribution in [0, 0.1) is 0 Å². The molecule has 3 heteroatoms. The van der Waals surface area contributed by atoms with Crippen LogP contribution in [0.5, 0.6) is 0 Å². The first-order valence-corrected chi connectivity index (χ1v) is 8.64. The van der Waals surface area contributed by atoms with Crippen molar-refractivity contribution in [3.05, 3.63) is 12.2 Å². The first-order valence-electron chi connectivity index (χ1n) is 8.64. The monoisotopic (exact) mass is 305 g/mol. The third-order valence-corrected chi connectivity index (χ3v) is 3.65. The smallest absolute Gasteiger partial charge is 0.303 e. The van der Waals surface area contributed by atoms with Gasteiger partial charge in [0.25, 0.3) is 0 Å². The number of carboxylic acids is 1. The molecule has 0 aromatic rings. The number of aliphatic carboxylic acids is 1. The van der Waals surface area contributed by atoms with Crippen LogP contribution in [-0.2, 0) is 4.79 Å². The summed E-state index contributed by atoms with van der Waals surface area (Å²) >= 11 is 0. The van der Waals surface area contributed by atoms with E-state index in [1.54, 1.807) is 0 Å². The van der Waals surface area contributed by atoms with Gasteiger partial charge in [-0.05, 0) is 32.1 Å². The summed E-state index contributed by atoms with van der Waals surface area (Å²) in [6.45, 7) is 2.25. The average molecular weight is 305 g/mol. The van der Waals surface area contributed by atoms with Crippen molar-refractivity contribution in [2.24, 2.45) is 0 Å². The van der Waals surface area contributed by atoms with Crippen LogP contribution in [0.3, 0.4) is 0 Å². The summed E-state index contributed by atoms with van der Waals surface area (Å²) in [5.41, 5.74) is 0. The largest absolute Gasteiger partial charge is 0.481 e. The molecule has 0 amide bonds. The van der Waals surface area contributed by atoms with Crippen LogP contribution in [0.2, 0.25) is 0 Å². The van der Waals surface area contributed by atoms with Crippen molar-refractivity contribution in [2.75, 3.05) is 0 Å². The second-order valence-electron chi connectivity index (χ2n) is 5.73. The van der Waals surface area contributed by atoms with Crippen molar-refractivity contribution in [1.82, 2.24) is 0 Å². The summed E-state index contributed by atoms with van der Waals surface area (Å²) in [4.78, 5) is 10.3. The van der Waals surface area contributed by atoms with E-state index in [0.29, 0.717) is 6.42 Å². The molecular weight excluding hydrogens is 271 g/mol. The zero-order chi connectivity index (χ0) is 14.9. The minimum absolute atomic E-state index is 0. The summed E-state index contributed by atoms with van der Waals surface area (Å²) in [5, 5.41) is 8.51. The van der Waals surface area contributed by atoms with E-state index in [9.17, 15) is 4.79 Å². The molecule has 2 nitrogen and oxygen atoms in total. The second kappa shape index (κ2) is 20.2. The minimum Gasteiger partial charge on any atom is -0.481 e. The van der Waals surface area contributed by atoms with E-state index in [-0.39, 0.29) is 29.6 Å². The number of hydrogen-bond acceptors (Lipinski definition) is 1. The molecule has 0 spiro atoms. The SMILES string of the molecule is CCCCCC/C=C\CCCCCCCCCC(=O)O.[Na]. The normalized spacial score (nSPS) is 10.7. The van der Waals surface area contributed by atoms with Crippen LogP contribution in [0.25, 0.3) is 0 Å². The van der Waals surface area contributed by atoms with E-state index in [0.717, 1.165) is 12.8 Å². The molecule has 1 N–H and O–H groups in total. The van der Waals surface area contributed by atoms with Crippen LogP contribution in [-0.4, -0.2) is 40.6 Å². The fourth-order valence-electron chi connectivity index (χ4n) is 2.35. The second-order valence-corrected chi connectivity index (χ2v) is 5.73. The third-order valence-electron chi connectivity index (χ3n) is 3.65. The molecule has 21 heavy (non-hydrogen) atoms. The number of unbranched alkanes of at least 4 members (excludes halogenated alkanes) is 11. The molecule has 0 unspecified atom stereocenters. The molecule has 0 aliphatic heterocycles. The summed E-state index contributed by atoms with van der Waals surface area (Å²) < 4.78 is 0. The number of rotatable bonds is 15. The molecule has 0 aliphatic rings. The summed E-state index contributed by atoms with van der Waals surface area (Å²) in [6, 6.07) is 0. The zero-order valence-corrected chi connectivity index (χ0v) is 16.4. The zero-order valence-electron chi connectivity index (χ0n) is 14.4. The van der Waals surface area contributed by atoms with Gasteiger partial charge >= 0.3 is 5.97 Å². The molecule has 0 bridgehead atoms. The predicted octanol–water partition coefficient (Wildman–Crippen LogP) is 5.73. The van der Waals surface area contributed by atoms with Crippen molar-refractivity contribution in [3.63, 3.8) is 0 Å². The van der Waals surface area contributed by atoms with Gasteiger partial charge in [0.2, 0.25) is 0 Å². The van der Waals surface area contributed by atoms with Gasteiger partial charge in [-0.3, -0.25) is 4.79 Å². The van der Waals surface area contributed by atoms with E-state index in [4.69, 9.17) is 5.11 Å². The number of hydrogen-bond donors (Lipinski definition) is 1. The molecule has 0 saturated carbocycles.